The van der Waals surface area contributed by atoms with E-state index in [4.69, 9.17) is 5.11 Å². The molecule has 2 N–H and O–H groups in total. The first-order chi connectivity index (χ1) is 11.0. The van der Waals surface area contributed by atoms with Crippen LogP contribution in [0.25, 0.3) is 5.69 Å². The molecule has 1 atom stereocenters. The van der Waals surface area contributed by atoms with E-state index in [1.807, 2.05) is 43.5 Å². The van der Waals surface area contributed by atoms with Crippen molar-refractivity contribution in [2.24, 2.45) is 0 Å². The number of hydrogen-bond donors (Lipinski definition) is 2. The second kappa shape index (κ2) is 8.12. The summed E-state index contributed by atoms with van der Waals surface area (Å²) in [7, 11) is 0. The Labute approximate surface area is 135 Å². The lowest BCUT2D eigenvalue weighted by Gasteiger charge is -2.12. The van der Waals surface area contributed by atoms with Crippen LogP contribution in [0.4, 0.5) is 0 Å². The van der Waals surface area contributed by atoms with Gasteiger partial charge in [0.15, 0.2) is 0 Å². The Bertz CT molecular complexity index is 652. The zero-order valence-corrected chi connectivity index (χ0v) is 13.1. The third-order valence-corrected chi connectivity index (χ3v) is 3.50. The SMILES string of the molecule is CC(CCC(=O)O)NC(=O)CCc1cnn(-c2ccccc2)c1. The van der Waals surface area contributed by atoms with Gasteiger partial charge in [0.05, 0.1) is 11.9 Å². The highest BCUT2D eigenvalue weighted by molar-refractivity contribution is 5.76. The number of rotatable bonds is 8. The summed E-state index contributed by atoms with van der Waals surface area (Å²) in [5.41, 5.74) is 1.97. The van der Waals surface area contributed by atoms with Crippen LogP contribution < -0.4 is 5.32 Å². The highest BCUT2D eigenvalue weighted by Crippen LogP contribution is 2.09. The zero-order valence-electron chi connectivity index (χ0n) is 13.1. The summed E-state index contributed by atoms with van der Waals surface area (Å²) in [6.45, 7) is 1.81. The molecule has 0 aliphatic heterocycles. The number of carbonyl (C=O) groups is 2. The van der Waals surface area contributed by atoms with Crippen LogP contribution in [-0.2, 0) is 16.0 Å². The number of aryl methyl sites for hydroxylation is 1. The fraction of sp³-hybridized carbons (Fsp3) is 0.353. The Kier molecular flexibility index (Phi) is 5.91. The second-order valence-electron chi connectivity index (χ2n) is 5.53. The van der Waals surface area contributed by atoms with Crippen LogP contribution in [0.3, 0.4) is 0 Å². The maximum atomic E-state index is 11.9. The van der Waals surface area contributed by atoms with Crippen molar-refractivity contribution in [1.82, 2.24) is 15.1 Å². The fourth-order valence-corrected chi connectivity index (χ4v) is 2.23. The Morgan fingerprint density at radius 3 is 2.70 bits per heavy atom. The number of nitrogens with zero attached hydrogens (tertiary/aromatic N) is 2. The van der Waals surface area contributed by atoms with E-state index < -0.39 is 5.97 Å². The molecule has 1 heterocycles. The normalized spacial score (nSPS) is 11.9. The molecule has 0 aliphatic rings. The van der Waals surface area contributed by atoms with Gasteiger partial charge in [0.25, 0.3) is 0 Å². The average molecular weight is 315 g/mol. The molecule has 1 aromatic carbocycles. The van der Waals surface area contributed by atoms with Crippen molar-refractivity contribution in [1.29, 1.82) is 0 Å². The number of carbonyl (C=O) groups excluding carboxylic acids is 1. The van der Waals surface area contributed by atoms with Crippen molar-refractivity contribution in [2.75, 3.05) is 0 Å². The van der Waals surface area contributed by atoms with Gasteiger partial charge in [-0.15, -0.1) is 0 Å². The van der Waals surface area contributed by atoms with E-state index in [-0.39, 0.29) is 18.4 Å². The van der Waals surface area contributed by atoms with Gasteiger partial charge in [-0.2, -0.15) is 5.10 Å². The molecular weight excluding hydrogens is 294 g/mol. The molecule has 1 aromatic heterocycles. The van der Waals surface area contributed by atoms with Gasteiger partial charge in [-0.3, -0.25) is 9.59 Å². The van der Waals surface area contributed by atoms with E-state index in [0.29, 0.717) is 19.3 Å². The first kappa shape index (κ1) is 16.7. The summed E-state index contributed by atoms with van der Waals surface area (Å²) in [6.07, 6.45) is 5.13. The van der Waals surface area contributed by atoms with Gasteiger partial charge in [-0.1, -0.05) is 18.2 Å². The van der Waals surface area contributed by atoms with Gasteiger partial charge in [-0.05, 0) is 37.5 Å². The number of benzene rings is 1. The minimum Gasteiger partial charge on any atom is -0.481 e. The monoisotopic (exact) mass is 315 g/mol. The van der Waals surface area contributed by atoms with E-state index in [1.54, 1.807) is 10.9 Å². The molecule has 0 saturated heterocycles. The predicted molar refractivity (Wildman–Crippen MR) is 86.4 cm³/mol. The topological polar surface area (TPSA) is 84.2 Å². The number of hydrogen-bond acceptors (Lipinski definition) is 3. The van der Waals surface area contributed by atoms with Gasteiger partial charge >= 0.3 is 5.97 Å². The van der Waals surface area contributed by atoms with Crippen LogP contribution in [0.5, 0.6) is 0 Å². The Balaban J connectivity index is 1.79. The minimum atomic E-state index is -0.848. The number of aromatic nitrogens is 2. The number of carboxylic acids is 1. The smallest absolute Gasteiger partial charge is 0.303 e. The zero-order chi connectivity index (χ0) is 16.7. The molecule has 122 valence electrons. The molecule has 0 spiro atoms. The van der Waals surface area contributed by atoms with Crippen LogP contribution >= 0.6 is 0 Å². The van der Waals surface area contributed by atoms with Gasteiger partial charge in [0.1, 0.15) is 0 Å². The molecule has 0 saturated carbocycles. The third kappa shape index (κ3) is 5.58. The van der Waals surface area contributed by atoms with Crippen LogP contribution in [0.1, 0.15) is 31.7 Å². The minimum absolute atomic E-state index is 0.0608. The van der Waals surface area contributed by atoms with E-state index in [1.165, 1.54) is 0 Å². The summed E-state index contributed by atoms with van der Waals surface area (Å²) in [5.74, 6) is -0.922. The number of amides is 1. The molecule has 2 aromatic rings. The molecule has 0 fully saturated rings. The van der Waals surface area contributed by atoms with E-state index in [9.17, 15) is 9.59 Å². The average Bonchev–Trinajstić information content (AvgIpc) is 3.01. The number of para-hydroxylation sites is 1. The van der Waals surface area contributed by atoms with E-state index in [0.717, 1.165) is 11.3 Å². The molecule has 23 heavy (non-hydrogen) atoms. The van der Waals surface area contributed by atoms with Crippen molar-refractivity contribution in [3.8, 4) is 5.69 Å². The quantitative estimate of drug-likeness (QED) is 0.782. The summed E-state index contributed by atoms with van der Waals surface area (Å²) >= 11 is 0. The van der Waals surface area contributed by atoms with Gasteiger partial charge in [0.2, 0.25) is 5.91 Å². The van der Waals surface area contributed by atoms with E-state index >= 15 is 0 Å². The van der Waals surface area contributed by atoms with Crippen LogP contribution in [-0.4, -0.2) is 32.8 Å². The lowest BCUT2D eigenvalue weighted by molar-refractivity contribution is -0.137. The Morgan fingerprint density at radius 2 is 2.00 bits per heavy atom. The first-order valence-corrected chi connectivity index (χ1v) is 7.64. The third-order valence-electron chi connectivity index (χ3n) is 3.50. The lowest BCUT2D eigenvalue weighted by Crippen LogP contribution is -2.33. The fourth-order valence-electron chi connectivity index (χ4n) is 2.23. The molecule has 6 nitrogen and oxygen atoms in total. The number of carboxylic acid groups (broad SMARTS) is 1. The van der Waals surface area contributed by atoms with Crippen molar-refractivity contribution in [3.05, 3.63) is 48.3 Å². The molecular formula is C17H21N3O3. The summed E-state index contributed by atoms with van der Waals surface area (Å²) in [6, 6.07) is 9.64. The van der Waals surface area contributed by atoms with Gasteiger partial charge < -0.3 is 10.4 Å². The largest absolute Gasteiger partial charge is 0.481 e. The molecule has 0 bridgehead atoms. The highest BCUT2D eigenvalue weighted by atomic mass is 16.4. The summed E-state index contributed by atoms with van der Waals surface area (Å²) < 4.78 is 1.78. The molecule has 6 heteroatoms. The highest BCUT2D eigenvalue weighted by Gasteiger charge is 2.10. The number of nitrogens with one attached hydrogen (secondary N) is 1. The van der Waals surface area contributed by atoms with Crippen LogP contribution in [0, 0.1) is 0 Å². The molecule has 2 rings (SSSR count). The van der Waals surface area contributed by atoms with Crippen molar-refractivity contribution >= 4 is 11.9 Å². The predicted octanol–water partition coefficient (Wildman–Crippen LogP) is 2.17. The second-order valence-corrected chi connectivity index (χ2v) is 5.53. The molecule has 0 aliphatic carbocycles. The van der Waals surface area contributed by atoms with Crippen molar-refractivity contribution < 1.29 is 14.7 Å². The molecule has 1 unspecified atom stereocenters. The van der Waals surface area contributed by atoms with Crippen LogP contribution in [0.2, 0.25) is 0 Å². The molecule has 1 amide bonds. The number of aliphatic carboxylic acids is 1. The Morgan fingerprint density at radius 1 is 1.26 bits per heavy atom. The first-order valence-electron chi connectivity index (χ1n) is 7.64. The maximum absolute atomic E-state index is 11.9. The van der Waals surface area contributed by atoms with Crippen molar-refractivity contribution in [2.45, 2.75) is 38.6 Å². The van der Waals surface area contributed by atoms with E-state index in [2.05, 4.69) is 10.4 Å². The lowest BCUT2D eigenvalue weighted by atomic mass is 10.1. The summed E-state index contributed by atoms with van der Waals surface area (Å²) in [4.78, 5) is 22.4. The summed E-state index contributed by atoms with van der Waals surface area (Å²) in [5, 5.41) is 15.7. The van der Waals surface area contributed by atoms with Gasteiger partial charge in [0, 0.05) is 25.1 Å². The van der Waals surface area contributed by atoms with Crippen LogP contribution in [0.15, 0.2) is 42.7 Å². The standard InChI is InChI=1S/C17H21N3O3/c1-13(7-10-17(22)23)19-16(21)9-8-14-11-18-20(12-14)15-5-3-2-4-6-15/h2-6,11-13H,7-10H2,1H3,(H,19,21)(H,22,23). The maximum Gasteiger partial charge on any atom is 0.303 e. The molecule has 0 radical (unpaired) electrons. The van der Waals surface area contributed by atoms with Crippen molar-refractivity contribution in [3.63, 3.8) is 0 Å². The van der Waals surface area contributed by atoms with Gasteiger partial charge in [-0.25, -0.2) is 4.68 Å². The Hall–Kier alpha value is -2.63.